The molecular weight excluding hydrogens is 288 g/mol. The summed E-state index contributed by atoms with van der Waals surface area (Å²) in [4.78, 5) is 28.6. The zero-order valence-corrected chi connectivity index (χ0v) is 14.3. The van der Waals surface area contributed by atoms with Gasteiger partial charge in [-0.25, -0.2) is 9.78 Å². The first kappa shape index (κ1) is 17.6. The fourth-order valence-electron chi connectivity index (χ4n) is 1.72. The van der Waals surface area contributed by atoms with Crippen molar-refractivity contribution in [2.24, 2.45) is 5.92 Å². The van der Waals surface area contributed by atoms with Gasteiger partial charge in [0.05, 0.1) is 5.01 Å². The smallest absolute Gasteiger partial charge is 0.329 e. The maximum absolute atomic E-state index is 12.3. The van der Waals surface area contributed by atoms with E-state index in [1.165, 1.54) is 11.3 Å². The molecule has 1 aromatic rings. The molecule has 2 atom stereocenters. The summed E-state index contributed by atoms with van der Waals surface area (Å²) >= 11 is 1.40. The third-order valence-electron chi connectivity index (χ3n) is 3.01. The lowest BCUT2D eigenvalue weighted by molar-refractivity contribution is -0.158. The Kier molecular flexibility index (Phi) is 5.89. The van der Waals surface area contributed by atoms with Gasteiger partial charge in [-0.15, -0.1) is 11.3 Å². The van der Waals surface area contributed by atoms with Crippen molar-refractivity contribution in [2.75, 3.05) is 0 Å². The van der Waals surface area contributed by atoms with Crippen molar-refractivity contribution >= 4 is 23.2 Å². The summed E-state index contributed by atoms with van der Waals surface area (Å²) in [6.07, 6.45) is 0.764. The molecule has 0 fully saturated rings. The predicted octanol–water partition coefficient (Wildman–Crippen LogP) is 2.94. The molecule has 1 amide bonds. The Labute approximate surface area is 130 Å². The second-order valence-corrected chi connectivity index (χ2v) is 7.18. The summed E-state index contributed by atoms with van der Waals surface area (Å²) < 4.78 is 5.39. The highest BCUT2D eigenvalue weighted by atomic mass is 32.1. The third-order valence-corrected chi connectivity index (χ3v) is 3.79. The van der Waals surface area contributed by atoms with Crippen LogP contribution in [0.1, 0.15) is 56.5 Å². The van der Waals surface area contributed by atoms with Crippen LogP contribution in [0.15, 0.2) is 5.38 Å². The Bertz CT molecular complexity index is 505. The van der Waals surface area contributed by atoms with E-state index in [9.17, 15) is 9.59 Å². The first-order chi connectivity index (χ1) is 9.64. The lowest BCUT2D eigenvalue weighted by atomic mass is 9.98. The summed E-state index contributed by atoms with van der Waals surface area (Å²) in [5.74, 6) is -0.754. The van der Waals surface area contributed by atoms with Gasteiger partial charge in [0, 0.05) is 5.38 Å². The van der Waals surface area contributed by atoms with Gasteiger partial charge in [0.25, 0.3) is 5.91 Å². The average Bonchev–Trinajstić information content (AvgIpc) is 2.79. The fourth-order valence-corrected chi connectivity index (χ4v) is 2.31. The number of rotatable bonds is 5. The molecule has 1 heterocycles. The zero-order valence-electron chi connectivity index (χ0n) is 13.5. The van der Waals surface area contributed by atoms with Crippen molar-refractivity contribution < 1.29 is 14.3 Å². The van der Waals surface area contributed by atoms with Gasteiger partial charge in [0.1, 0.15) is 17.3 Å². The Balaban J connectivity index is 2.83. The van der Waals surface area contributed by atoms with Crippen molar-refractivity contribution in [1.29, 1.82) is 0 Å². The van der Waals surface area contributed by atoms with Gasteiger partial charge in [-0.05, 0) is 33.6 Å². The highest BCUT2D eigenvalue weighted by molar-refractivity contribution is 7.09. The van der Waals surface area contributed by atoms with Crippen LogP contribution in [0.5, 0.6) is 0 Å². The molecule has 0 aliphatic heterocycles. The molecule has 6 heteroatoms. The Hall–Kier alpha value is -1.43. The maximum atomic E-state index is 12.3. The van der Waals surface area contributed by atoms with Crippen LogP contribution in [-0.2, 0) is 9.53 Å². The molecule has 0 radical (unpaired) electrons. The SMILES string of the molecule is CC[C@H](C)[C@H](NC(=O)c1csc(C)n1)C(=O)OC(C)(C)C. The summed E-state index contributed by atoms with van der Waals surface area (Å²) in [7, 11) is 0. The summed E-state index contributed by atoms with van der Waals surface area (Å²) in [6.45, 7) is 11.2. The number of thiazole rings is 1. The maximum Gasteiger partial charge on any atom is 0.329 e. The standard InChI is InChI=1S/C15H24N2O3S/c1-7-9(2)12(14(19)20-15(4,5)6)17-13(18)11-8-21-10(3)16-11/h8-9,12H,7H2,1-6H3,(H,17,18)/t9-,12-/m0/s1. The second-order valence-electron chi connectivity index (χ2n) is 6.12. The van der Waals surface area contributed by atoms with Crippen molar-refractivity contribution in [3.05, 3.63) is 16.1 Å². The molecule has 118 valence electrons. The number of nitrogens with zero attached hydrogens (tertiary/aromatic N) is 1. The molecule has 21 heavy (non-hydrogen) atoms. The number of aryl methyl sites for hydroxylation is 1. The van der Waals surface area contributed by atoms with Gasteiger partial charge < -0.3 is 10.1 Å². The van der Waals surface area contributed by atoms with E-state index in [1.54, 1.807) is 5.38 Å². The van der Waals surface area contributed by atoms with Crippen molar-refractivity contribution in [3.8, 4) is 0 Å². The van der Waals surface area contributed by atoms with E-state index in [2.05, 4.69) is 10.3 Å². The Morgan fingerprint density at radius 3 is 2.48 bits per heavy atom. The minimum absolute atomic E-state index is 0.0106. The number of aromatic nitrogens is 1. The third kappa shape index (κ3) is 5.46. The number of esters is 1. The first-order valence-corrected chi connectivity index (χ1v) is 7.98. The van der Waals surface area contributed by atoms with E-state index < -0.39 is 17.6 Å². The average molecular weight is 312 g/mol. The molecule has 1 rings (SSSR count). The summed E-state index contributed by atoms with van der Waals surface area (Å²) in [5.41, 5.74) is -0.237. The Morgan fingerprint density at radius 1 is 1.43 bits per heavy atom. The van der Waals surface area contributed by atoms with Gasteiger partial charge in [0.15, 0.2) is 0 Å². The van der Waals surface area contributed by atoms with Crippen LogP contribution in [0.2, 0.25) is 0 Å². The number of carbonyl (C=O) groups is 2. The molecule has 0 aliphatic rings. The van der Waals surface area contributed by atoms with Crippen molar-refractivity contribution in [3.63, 3.8) is 0 Å². The lowest BCUT2D eigenvalue weighted by Crippen LogP contribution is -2.47. The first-order valence-electron chi connectivity index (χ1n) is 7.10. The highest BCUT2D eigenvalue weighted by Crippen LogP contribution is 2.16. The molecule has 0 saturated heterocycles. The molecule has 0 unspecified atom stereocenters. The van der Waals surface area contributed by atoms with E-state index in [0.717, 1.165) is 11.4 Å². The highest BCUT2D eigenvalue weighted by Gasteiger charge is 2.31. The molecule has 0 spiro atoms. The number of carbonyl (C=O) groups excluding carboxylic acids is 2. The monoisotopic (exact) mass is 312 g/mol. The van der Waals surface area contributed by atoms with Gasteiger partial charge in [-0.3, -0.25) is 4.79 Å². The van der Waals surface area contributed by atoms with Crippen LogP contribution >= 0.6 is 11.3 Å². The predicted molar refractivity (Wildman–Crippen MR) is 83.4 cm³/mol. The van der Waals surface area contributed by atoms with Crippen LogP contribution in [0.25, 0.3) is 0 Å². The lowest BCUT2D eigenvalue weighted by Gasteiger charge is -2.27. The van der Waals surface area contributed by atoms with Crippen molar-refractivity contribution in [2.45, 2.75) is 59.6 Å². The van der Waals surface area contributed by atoms with E-state index in [1.807, 2.05) is 41.5 Å². The largest absolute Gasteiger partial charge is 0.458 e. The van der Waals surface area contributed by atoms with Gasteiger partial charge in [-0.1, -0.05) is 20.3 Å². The Morgan fingerprint density at radius 2 is 2.05 bits per heavy atom. The van der Waals surface area contributed by atoms with Crippen LogP contribution in [0.3, 0.4) is 0 Å². The van der Waals surface area contributed by atoms with Crippen LogP contribution in [0, 0.1) is 12.8 Å². The molecule has 5 nitrogen and oxygen atoms in total. The van der Waals surface area contributed by atoms with Crippen LogP contribution in [-0.4, -0.2) is 28.5 Å². The van der Waals surface area contributed by atoms with Gasteiger partial charge >= 0.3 is 5.97 Å². The quantitative estimate of drug-likeness (QED) is 0.849. The van der Waals surface area contributed by atoms with Crippen LogP contribution < -0.4 is 5.32 Å². The normalized spacial score (nSPS) is 14.4. The fraction of sp³-hybridized carbons (Fsp3) is 0.667. The zero-order chi connectivity index (χ0) is 16.2. The molecule has 0 aromatic carbocycles. The summed E-state index contributed by atoms with van der Waals surface area (Å²) in [5, 5.41) is 5.26. The molecule has 1 N–H and O–H groups in total. The van der Waals surface area contributed by atoms with Crippen LogP contribution in [0.4, 0.5) is 0 Å². The summed E-state index contributed by atoms with van der Waals surface area (Å²) in [6, 6.07) is -0.663. The topological polar surface area (TPSA) is 68.3 Å². The molecule has 0 aliphatic carbocycles. The van der Waals surface area contributed by atoms with E-state index in [4.69, 9.17) is 4.74 Å². The minimum atomic E-state index is -0.663. The molecule has 1 aromatic heterocycles. The van der Waals surface area contributed by atoms with Crippen molar-refractivity contribution in [1.82, 2.24) is 10.3 Å². The molecular formula is C15H24N2O3S. The second kappa shape index (κ2) is 7.02. The van der Waals surface area contributed by atoms with Gasteiger partial charge in [0.2, 0.25) is 0 Å². The number of hydrogen-bond acceptors (Lipinski definition) is 5. The number of ether oxygens (including phenoxy) is 1. The molecule has 0 bridgehead atoms. The molecule has 0 saturated carbocycles. The van der Waals surface area contributed by atoms with Gasteiger partial charge in [-0.2, -0.15) is 0 Å². The van der Waals surface area contributed by atoms with E-state index in [-0.39, 0.29) is 11.8 Å². The number of hydrogen-bond donors (Lipinski definition) is 1. The van der Waals surface area contributed by atoms with E-state index in [0.29, 0.717) is 5.69 Å². The number of nitrogens with one attached hydrogen (secondary N) is 1. The van der Waals surface area contributed by atoms with E-state index >= 15 is 0 Å². The number of amides is 1. The minimum Gasteiger partial charge on any atom is -0.458 e.